The van der Waals surface area contributed by atoms with Crippen LogP contribution in [0.25, 0.3) is 21.9 Å². The van der Waals surface area contributed by atoms with E-state index >= 15 is 0 Å². The molecule has 2 aliphatic carbocycles. The quantitative estimate of drug-likeness (QED) is 0.202. The Bertz CT molecular complexity index is 1870. The number of likely N-dealkylation sites (tertiary alicyclic amines) is 2. The van der Waals surface area contributed by atoms with Crippen molar-refractivity contribution in [3.8, 4) is 11.1 Å². The standard InChI is InChI=1S/C26H27NO.C15H18BrNO/c1-17-21-7-5-4-6-18(21)8-11-22(17)19-9-12-23-20(16-19)10-13-24-26(23,2)15-14-25(28)27(24)3;1-15-8-7-14(18)17(2)13(15)6-3-10-9-11(16)4-5-12(10)15/h4-9,11-12,16,24H,10,13-15H2,1-3H3;4-5,9,13H,3,6-8H2,1-2H3/t24?,26-;13?,15-/m11/s1. The Morgan fingerprint density at radius 2 is 1.26 bits per heavy atom. The van der Waals surface area contributed by atoms with Gasteiger partial charge in [-0.1, -0.05) is 90.4 Å². The molecule has 2 saturated heterocycles. The lowest BCUT2D eigenvalue weighted by atomic mass is 9.63. The van der Waals surface area contributed by atoms with Crippen LogP contribution in [0.3, 0.4) is 0 Å². The van der Waals surface area contributed by atoms with E-state index in [1.54, 1.807) is 0 Å². The average Bonchev–Trinajstić information content (AvgIpc) is 3.05. The van der Waals surface area contributed by atoms with Gasteiger partial charge in [0.05, 0.1) is 0 Å². The molecule has 2 fully saturated rings. The van der Waals surface area contributed by atoms with E-state index < -0.39 is 0 Å². The number of aryl methyl sites for hydroxylation is 3. The van der Waals surface area contributed by atoms with E-state index in [-0.39, 0.29) is 10.8 Å². The van der Waals surface area contributed by atoms with Crippen molar-refractivity contribution in [3.05, 3.63) is 105 Å². The minimum atomic E-state index is 0.0766. The van der Waals surface area contributed by atoms with Gasteiger partial charge in [0.25, 0.3) is 0 Å². The number of nitrogens with zero attached hydrogens (tertiary/aromatic N) is 2. The smallest absolute Gasteiger partial charge is 0.222 e. The highest BCUT2D eigenvalue weighted by Crippen LogP contribution is 2.47. The zero-order chi connectivity index (χ0) is 32.4. The highest BCUT2D eigenvalue weighted by atomic mass is 79.9. The minimum Gasteiger partial charge on any atom is -0.342 e. The Kier molecular flexibility index (Phi) is 7.91. The summed E-state index contributed by atoms with van der Waals surface area (Å²) in [6, 6.07) is 27.5. The summed E-state index contributed by atoms with van der Waals surface area (Å²) in [6.07, 6.45) is 7.56. The highest BCUT2D eigenvalue weighted by molar-refractivity contribution is 9.10. The second-order valence-electron chi connectivity index (χ2n) is 14.6. The summed E-state index contributed by atoms with van der Waals surface area (Å²) in [6.45, 7) is 6.92. The molecular weight excluding hydrogens is 632 g/mol. The molecule has 4 aromatic rings. The molecule has 0 spiro atoms. The van der Waals surface area contributed by atoms with Crippen LogP contribution in [0, 0.1) is 6.92 Å². The van der Waals surface area contributed by atoms with Gasteiger partial charge >= 0.3 is 0 Å². The summed E-state index contributed by atoms with van der Waals surface area (Å²) in [7, 11) is 3.95. The van der Waals surface area contributed by atoms with E-state index in [1.807, 2.05) is 23.9 Å². The molecule has 8 rings (SSSR count). The first-order chi connectivity index (χ1) is 22.0. The molecule has 46 heavy (non-hydrogen) atoms. The van der Waals surface area contributed by atoms with Crippen LogP contribution in [-0.4, -0.2) is 47.8 Å². The number of amides is 2. The lowest BCUT2D eigenvalue weighted by Gasteiger charge is -2.50. The van der Waals surface area contributed by atoms with Gasteiger partial charge in [0, 0.05) is 54.3 Å². The van der Waals surface area contributed by atoms with Gasteiger partial charge in [-0.05, 0) is 107 Å². The number of hydrogen-bond acceptors (Lipinski definition) is 2. The van der Waals surface area contributed by atoms with Crippen molar-refractivity contribution < 1.29 is 9.59 Å². The average molecular weight is 678 g/mol. The maximum atomic E-state index is 12.2. The molecule has 4 nitrogen and oxygen atoms in total. The maximum Gasteiger partial charge on any atom is 0.222 e. The molecule has 5 heteroatoms. The van der Waals surface area contributed by atoms with Crippen molar-refractivity contribution in [1.29, 1.82) is 0 Å². The fourth-order valence-electron chi connectivity index (χ4n) is 9.45. The van der Waals surface area contributed by atoms with Crippen molar-refractivity contribution in [2.45, 2.75) is 95.1 Å². The van der Waals surface area contributed by atoms with Gasteiger partial charge in [0.1, 0.15) is 0 Å². The van der Waals surface area contributed by atoms with E-state index in [1.165, 1.54) is 49.7 Å². The maximum absolute atomic E-state index is 12.2. The molecule has 0 N–H and O–H groups in total. The molecule has 0 radical (unpaired) electrons. The van der Waals surface area contributed by atoms with Crippen molar-refractivity contribution in [1.82, 2.24) is 9.80 Å². The molecule has 0 saturated carbocycles. The van der Waals surface area contributed by atoms with Crippen molar-refractivity contribution >= 4 is 38.5 Å². The largest absolute Gasteiger partial charge is 0.342 e. The second kappa shape index (κ2) is 11.7. The number of likely N-dealkylation sites (N-methyl/N-ethyl adjacent to an activating group) is 2. The third-order valence-electron chi connectivity index (χ3n) is 12.2. The fraction of sp³-hybridized carbons (Fsp3) is 0.415. The Hall–Kier alpha value is -3.44. The molecule has 4 atom stereocenters. The Balaban J connectivity index is 0.000000162. The molecule has 2 heterocycles. The number of rotatable bonds is 1. The van der Waals surface area contributed by atoms with Gasteiger partial charge in [0.2, 0.25) is 11.8 Å². The van der Waals surface area contributed by atoms with Crippen LogP contribution in [0.4, 0.5) is 0 Å². The van der Waals surface area contributed by atoms with Gasteiger partial charge in [0.15, 0.2) is 0 Å². The number of piperidine rings is 2. The second-order valence-corrected chi connectivity index (χ2v) is 15.5. The lowest BCUT2D eigenvalue weighted by molar-refractivity contribution is -0.138. The van der Waals surface area contributed by atoms with E-state index in [0.29, 0.717) is 36.7 Å². The van der Waals surface area contributed by atoms with E-state index in [2.05, 4.69) is 109 Å². The molecule has 0 aromatic heterocycles. The molecule has 4 aliphatic rings. The lowest BCUT2D eigenvalue weighted by Crippen LogP contribution is -2.56. The van der Waals surface area contributed by atoms with Gasteiger partial charge < -0.3 is 9.80 Å². The van der Waals surface area contributed by atoms with Crippen LogP contribution in [0.2, 0.25) is 0 Å². The Labute approximate surface area is 282 Å². The Morgan fingerprint density at radius 3 is 1.89 bits per heavy atom. The zero-order valence-corrected chi connectivity index (χ0v) is 29.4. The van der Waals surface area contributed by atoms with Gasteiger partial charge in [-0.25, -0.2) is 0 Å². The molecule has 238 valence electrons. The topological polar surface area (TPSA) is 40.6 Å². The van der Waals surface area contributed by atoms with Crippen molar-refractivity contribution in [2.75, 3.05) is 14.1 Å². The summed E-state index contributed by atoms with van der Waals surface area (Å²) in [5.41, 5.74) is 10.0. The number of benzene rings is 4. The summed E-state index contributed by atoms with van der Waals surface area (Å²) >= 11 is 3.55. The van der Waals surface area contributed by atoms with Crippen LogP contribution in [0.1, 0.15) is 80.2 Å². The summed E-state index contributed by atoms with van der Waals surface area (Å²) in [5, 5.41) is 2.63. The summed E-state index contributed by atoms with van der Waals surface area (Å²) in [5.74, 6) is 0.604. The zero-order valence-electron chi connectivity index (χ0n) is 27.8. The predicted molar refractivity (Wildman–Crippen MR) is 191 cm³/mol. The van der Waals surface area contributed by atoms with Gasteiger partial charge in [-0.2, -0.15) is 0 Å². The first-order valence-electron chi connectivity index (χ1n) is 16.9. The minimum absolute atomic E-state index is 0.0766. The van der Waals surface area contributed by atoms with E-state index in [0.717, 1.165) is 43.0 Å². The number of carbonyl (C=O) groups is 2. The normalized spacial score (nSPS) is 26.8. The van der Waals surface area contributed by atoms with Crippen LogP contribution < -0.4 is 0 Å². The third-order valence-corrected chi connectivity index (χ3v) is 12.7. The van der Waals surface area contributed by atoms with E-state index in [4.69, 9.17) is 0 Å². The monoisotopic (exact) mass is 676 g/mol. The first-order valence-corrected chi connectivity index (χ1v) is 17.7. The van der Waals surface area contributed by atoms with Crippen LogP contribution in [0.5, 0.6) is 0 Å². The van der Waals surface area contributed by atoms with Crippen LogP contribution in [0.15, 0.2) is 77.3 Å². The molecule has 2 aliphatic heterocycles. The number of fused-ring (bicyclic) bond motifs is 7. The molecule has 4 aromatic carbocycles. The first kappa shape index (κ1) is 31.2. The third kappa shape index (κ3) is 5.01. The fourth-order valence-corrected chi connectivity index (χ4v) is 9.86. The van der Waals surface area contributed by atoms with Crippen LogP contribution >= 0.6 is 15.9 Å². The molecule has 0 bridgehead atoms. The Morgan fingerprint density at radius 1 is 0.696 bits per heavy atom. The SMILES string of the molecule is CN1C(=O)CC[C@]2(C)c3ccc(Br)cc3CCC12.Cc1c(-c2ccc3c(c2)CCC2N(C)C(=O)CC[C@]32C)ccc2ccccc12. The van der Waals surface area contributed by atoms with Crippen molar-refractivity contribution in [3.63, 3.8) is 0 Å². The molecule has 2 amide bonds. The molecule has 2 unspecified atom stereocenters. The number of carbonyl (C=O) groups excluding carboxylic acids is 2. The van der Waals surface area contributed by atoms with Crippen LogP contribution in [-0.2, 0) is 33.3 Å². The highest BCUT2D eigenvalue weighted by Gasteiger charge is 2.48. The summed E-state index contributed by atoms with van der Waals surface area (Å²) < 4.78 is 1.16. The number of hydrogen-bond donors (Lipinski definition) is 0. The molecular formula is C41H45BrN2O2. The van der Waals surface area contributed by atoms with Gasteiger partial charge in [-0.15, -0.1) is 0 Å². The summed E-state index contributed by atoms with van der Waals surface area (Å²) in [4.78, 5) is 28.1. The predicted octanol–water partition coefficient (Wildman–Crippen LogP) is 8.91. The van der Waals surface area contributed by atoms with Gasteiger partial charge in [-0.3, -0.25) is 9.59 Å². The van der Waals surface area contributed by atoms with Crippen molar-refractivity contribution in [2.24, 2.45) is 0 Å². The van der Waals surface area contributed by atoms with E-state index in [9.17, 15) is 9.59 Å². The number of halogens is 1.